The molecule has 0 aliphatic carbocycles. The number of halogens is 2. The van der Waals surface area contributed by atoms with Gasteiger partial charge in [0.15, 0.2) is 0 Å². The highest BCUT2D eigenvalue weighted by molar-refractivity contribution is 5.85. The summed E-state index contributed by atoms with van der Waals surface area (Å²) >= 11 is 0. The van der Waals surface area contributed by atoms with Gasteiger partial charge in [0.25, 0.3) is 0 Å². The maximum atomic E-state index is 12.0. The molecule has 1 atom stereocenters. The molecule has 3 N–H and O–H groups in total. The van der Waals surface area contributed by atoms with Gasteiger partial charge in [-0.15, -0.1) is 24.8 Å². The molecule has 0 bridgehead atoms. The quantitative estimate of drug-likeness (QED) is 0.729. The first-order valence-corrected chi connectivity index (χ1v) is 8.11. The molecule has 24 heavy (non-hydrogen) atoms. The van der Waals surface area contributed by atoms with Crippen LogP contribution in [0.1, 0.15) is 45.2 Å². The molecule has 1 amide bonds. The van der Waals surface area contributed by atoms with E-state index in [0.717, 1.165) is 12.1 Å². The van der Waals surface area contributed by atoms with Crippen molar-refractivity contribution in [1.82, 2.24) is 10.2 Å². The third kappa shape index (κ3) is 9.48. The molecular formula is C18H33Cl2N3O. The number of hydrogen-bond acceptors (Lipinski definition) is 3. The van der Waals surface area contributed by atoms with E-state index in [1.165, 1.54) is 5.56 Å². The number of hydrogen-bond donors (Lipinski definition) is 2. The summed E-state index contributed by atoms with van der Waals surface area (Å²) in [5.41, 5.74) is 8.26. The molecule has 0 aliphatic heterocycles. The van der Waals surface area contributed by atoms with Crippen LogP contribution in [0.15, 0.2) is 24.3 Å². The van der Waals surface area contributed by atoms with Gasteiger partial charge in [-0.3, -0.25) is 9.69 Å². The second kappa shape index (κ2) is 12.5. The number of rotatable bonds is 8. The molecule has 4 nitrogen and oxygen atoms in total. The second-order valence-corrected chi connectivity index (χ2v) is 6.78. The van der Waals surface area contributed by atoms with Gasteiger partial charge < -0.3 is 11.1 Å². The Hall–Kier alpha value is -0.810. The third-order valence-electron chi connectivity index (χ3n) is 3.83. The van der Waals surface area contributed by atoms with E-state index in [1.54, 1.807) is 0 Å². The van der Waals surface area contributed by atoms with Gasteiger partial charge in [-0.25, -0.2) is 0 Å². The zero-order chi connectivity index (χ0) is 16.7. The van der Waals surface area contributed by atoms with E-state index < -0.39 is 6.04 Å². The third-order valence-corrected chi connectivity index (χ3v) is 3.83. The van der Waals surface area contributed by atoms with Crippen LogP contribution in [0.5, 0.6) is 0 Å². The van der Waals surface area contributed by atoms with Gasteiger partial charge in [0.2, 0.25) is 5.91 Å². The second-order valence-electron chi connectivity index (χ2n) is 6.78. The van der Waals surface area contributed by atoms with E-state index >= 15 is 0 Å². The first-order chi connectivity index (χ1) is 10.3. The SMILES string of the molecule is CC(C)C[C@H](N)C(=O)NCc1cccc(CN(C)C(C)C)c1.Cl.Cl. The highest BCUT2D eigenvalue weighted by Gasteiger charge is 2.14. The molecular weight excluding hydrogens is 345 g/mol. The van der Waals surface area contributed by atoms with Crippen LogP contribution in [0.25, 0.3) is 0 Å². The fourth-order valence-electron chi connectivity index (χ4n) is 2.24. The lowest BCUT2D eigenvalue weighted by Crippen LogP contribution is -2.41. The van der Waals surface area contributed by atoms with Crippen molar-refractivity contribution in [2.75, 3.05) is 7.05 Å². The van der Waals surface area contributed by atoms with Crippen molar-refractivity contribution in [3.63, 3.8) is 0 Å². The molecule has 0 aliphatic rings. The van der Waals surface area contributed by atoms with Crippen LogP contribution in [0, 0.1) is 5.92 Å². The minimum absolute atomic E-state index is 0. The van der Waals surface area contributed by atoms with E-state index in [1.807, 2.05) is 12.1 Å². The van der Waals surface area contributed by atoms with Gasteiger partial charge in [-0.05, 0) is 44.4 Å². The van der Waals surface area contributed by atoms with Crippen LogP contribution in [-0.2, 0) is 17.9 Å². The Morgan fingerprint density at radius 3 is 2.29 bits per heavy atom. The smallest absolute Gasteiger partial charge is 0.237 e. The van der Waals surface area contributed by atoms with Crippen molar-refractivity contribution in [2.24, 2.45) is 11.7 Å². The Kier molecular flexibility index (Phi) is 13.3. The zero-order valence-electron chi connectivity index (χ0n) is 15.4. The molecule has 6 heteroatoms. The average Bonchev–Trinajstić information content (AvgIpc) is 2.44. The van der Waals surface area contributed by atoms with Gasteiger partial charge >= 0.3 is 0 Å². The average molecular weight is 378 g/mol. The molecule has 1 aromatic rings. The first-order valence-electron chi connectivity index (χ1n) is 8.11. The van der Waals surface area contributed by atoms with Crippen LogP contribution >= 0.6 is 24.8 Å². The Morgan fingerprint density at radius 2 is 1.75 bits per heavy atom. The molecule has 0 saturated heterocycles. The van der Waals surface area contributed by atoms with E-state index in [2.05, 4.69) is 57.1 Å². The number of amides is 1. The Morgan fingerprint density at radius 1 is 1.17 bits per heavy atom. The predicted molar refractivity (Wildman–Crippen MR) is 107 cm³/mol. The van der Waals surface area contributed by atoms with Crippen LogP contribution < -0.4 is 11.1 Å². The summed E-state index contributed by atoms with van der Waals surface area (Å²) in [6.45, 7) is 9.94. The number of nitrogens with two attached hydrogens (primary N) is 1. The number of nitrogens with zero attached hydrogens (tertiary/aromatic N) is 1. The normalized spacial score (nSPS) is 11.9. The van der Waals surface area contributed by atoms with Gasteiger partial charge in [-0.1, -0.05) is 38.1 Å². The largest absolute Gasteiger partial charge is 0.351 e. The van der Waals surface area contributed by atoms with Crippen molar-refractivity contribution in [1.29, 1.82) is 0 Å². The maximum Gasteiger partial charge on any atom is 0.237 e. The molecule has 1 rings (SSSR count). The van der Waals surface area contributed by atoms with Crippen LogP contribution in [0.2, 0.25) is 0 Å². The lowest BCUT2D eigenvalue weighted by molar-refractivity contribution is -0.122. The fourth-order valence-corrected chi connectivity index (χ4v) is 2.24. The standard InChI is InChI=1S/C18H31N3O.2ClH/c1-13(2)9-17(19)18(22)20-11-15-7-6-8-16(10-15)12-21(5)14(3)4;;/h6-8,10,13-14,17H,9,11-12,19H2,1-5H3,(H,20,22);2*1H/t17-;;/m0../s1. The zero-order valence-corrected chi connectivity index (χ0v) is 17.0. The highest BCUT2D eigenvalue weighted by Crippen LogP contribution is 2.10. The van der Waals surface area contributed by atoms with E-state index in [9.17, 15) is 4.79 Å². The number of carbonyl (C=O) groups excluding carboxylic acids is 1. The first kappa shape index (κ1) is 25.4. The molecule has 1 aromatic carbocycles. The van der Waals surface area contributed by atoms with Gasteiger partial charge in [0.1, 0.15) is 0 Å². The highest BCUT2D eigenvalue weighted by atomic mass is 35.5. The molecule has 0 saturated carbocycles. The number of nitrogens with one attached hydrogen (secondary N) is 1. The van der Waals surface area contributed by atoms with Gasteiger partial charge in [0, 0.05) is 19.1 Å². The van der Waals surface area contributed by atoms with Crippen molar-refractivity contribution in [2.45, 2.75) is 59.3 Å². The summed E-state index contributed by atoms with van der Waals surface area (Å²) in [5, 5.41) is 2.93. The minimum atomic E-state index is -0.421. The summed E-state index contributed by atoms with van der Waals surface area (Å²) in [5.74, 6) is 0.356. The molecule has 0 aromatic heterocycles. The van der Waals surface area contributed by atoms with Crippen molar-refractivity contribution in [3.05, 3.63) is 35.4 Å². The molecule has 0 heterocycles. The van der Waals surface area contributed by atoms with E-state index in [0.29, 0.717) is 24.9 Å². The van der Waals surface area contributed by atoms with Crippen LogP contribution in [0.3, 0.4) is 0 Å². The predicted octanol–water partition coefficient (Wildman–Crippen LogP) is 3.36. The minimum Gasteiger partial charge on any atom is -0.351 e. The lowest BCUT2D eigenvalue weighted by Gasteiger charge is -2.21. The molecule has 0 fully saturated rings. The lowest BCUT2D eigenvalue weighted by atomic mass is 10.0. The van der Waals surface area contributed by atoms with E-state index in [-0.39, 0.29) is 30.7 Å². The maximum absolute atomic E-state index is 12.0. The molecule has 140 valence electrons. The Labute approximate surface area is 159 Å². The number of carbonyl (C=O) groups is 1. The topological polar surface area (TPSA) is 58.4 Å². The molecule has 0 radical (unpaired) electrons. The summed E-state index contributed by atoms with van der Waals surface area (Å²) in [4.78, 5) is 14.2. The van der Waals surface area contributed by atoms with Crippen LogP contribution in [-0.4, -0.2) is 29.9 Å². The number of benzene rings is 1. The molecule has 0 spiro atoms. The van der Waals surface area contributed by atoms with Gasteiger partial charge in [-0.2, -0.15) is 0 Å². The summed E-state index contributed by atoms with van der Waals surface area (Å²) < 4.78 is 0. The summed E-state index contributed by atoms with van der Waals surface area (Å²) in [6, 6.07) is 8.43. The van der Waals surface area contributed by atoms with Crippen LogP contribution in [0.4, 0.5) is 0 Å². The van der Waals surface area contributed by atoms with Crippen molar-refractivity contribution < 1.29 is 4.79 Å². The van der Waals surface area contributed by atoms with Crippen molar-refractivity contribution in [3.8, 4) is 0 Å². The monoisotopic (exact) mass is 377 g/mol. The van der Waals surface area contributed by atoms with E-state index in [4.69, 9.17) is 5.73 Å². The summed E-state index contributed by atoms with van der Waals surface area (Å²) in [7, 11) is 2.12. The van der Waals surface area contributed by atoms with Gasteiger partial charge in [0.05, 0.1) is 6.04 Å². The molecule has 0 unspecified atom stereocenters. The van der Waals surface area contributed by atoms with Crippen molar-refractivity contribution >= 4 is 30.7 Å². The summed E-state index contributed by atoms with van der Waals surface area (Å²) in [6.07, 6.45) is 0.713. The Bertz CT molecular complexity index is 481. The Balaban J connectivity index is 0. The fraction of sp³-hybridized carbons (Fsp3) is 0.611.